The van der Waals surface area contributed by atoms with Crippen LogP contribution in [0.2, 0.25) is 0 Å². The fraction of sp³-hybridized carbons (Fsp3) is 0.348. The van der Waals surface area contributed by atoms with Crippen molar-refractivity contribution in [2.24, 2.45) is 5.92 Å². The van der Waals surface area contributed by atoms with Gasteiger partial charge in [-0.25, -0.2) is 4.98 Å². The molecule has 5 nitrogen and oxygen atoms in total. The Kier molecular flexibility index (Phi) is 6.42. The van der Waals surface area contributed by atoms with E-state index < -0.39 is 0 Å². The molecular formula is C23H27N3O2S. The Bertz CT molecular complexity index is 1100. The number of nitrogens with zero attached hydrogens (tertiary/aromatic N) is 2. The Balaban J connectivity index is 1.84. The van der Waals surface area contributed by atoms with Crippen molar-refractivity contribution in [3.8, 4) is 0 Å². The molecule has 0 spiro atoms. The minimum absolute atomic E-state index is 0.0579. The summed E-state index contributed by atoms with van der Waals surface area (Å²) >= 11 is 1.30. The lowest BCUT2D eigenvalue weighted by Crippen LogP contribution is -2.26. The van der Waals surface area contributed by atoms with Crippen LogP contribution in [0.1, 0.15) is 30.5 Å². The van der Waals surface area contributed by atoms with Gasteiger partial charge in [-0.3, -0.25) is 14.2 Å². The predicted molar refractivity (Wildman–Crippen MR) is 121 cm³/mol. The molecule has 0 aliphatic rings. The van der Waals surface area contributed by atoms with E-state index in [-0.39, 0.29) is 17.2 Å². The SMILES string of the molecule is Cc1cc(C)c(NC(=O)CSc2nc3ccccc3c(=O)n2CC(C)C)c(C)c1. The lowest BCUT2D eigenvalue weighted by Gasteiger charge is -2.15. The second-order valence-corrected chi connectivity index (χ2v) is 8.77. The monoisotopic (exact) mass is 409 g/mol. The molecule has 0 saturated heterocycles. The molecule has 0 radical (unpaired) electrons. The highest BCUT2D eigenvalue weighted by atomic mass is 32.2. The summed E-state index contributed by atoms with van der Waals surface area (Å²) in [6.07, 6.45) is 0. The van der Waals surface area contributed by atoms with Gasteiger partial charge in [0.05, 0.1) is 16.7 Å². The van der Waals surface area contributed by atoms with Crippen molar-refractivity contribution in [2.75, 3.05) is 11.1 Å². The third kappa shape index (κ3) is 4.88. The van der Waals surface area contributed by atoms with E-state index in [1.165, 1.54) is 17.3 Å². The zero-order chi connectivity index (χ0) is 21.1. The Morgan fingerprint density at radius 1 is 1.14 bits per heavy atom. The highest BCUT2D eigenvalue weighted by molar-refractivity contribution is 7.99. The van der Waals surface area contributed by atoms with Crippen LogP contribution in [0.4, 0.5) is 5.69 Å². The van der Waals surface area contributed by atoms with E-state index in [1.807, 2.05) is 39.0 Å². The number of para-hydroxylation sites is 1. The molecule has 3 aromatic rings. The summed E-state index contributed by atoms with van der Waals surface area (Å²) in [5, 5.41) is 4.20. The van der Waals surface area contributed by atoms with Crippen LogP contribution < -0.4 is 10.9 Å². The number of carbonyl (C=O) groups excluding carboxylic acids is 1. The molecule has 3 rings (SSSR count). The van der Waals surface area contributed by atoms with E-state index >= 15 is 0 Å². The molecule has 2 aromatic carbocycles. The van der Waals surface area contributed by atoms with Gasteiger partial charge >= 0.3 is 0 Å². The van der Waals surface area contributed by atoms with Gasteiger partial charge in [0.1, 0.15) is 0 Å². The quantitative estimate of drug-likeness (QED) is 0.473. The second kappa shape index (κ2) is 8.82. The topological polar surface area (TPSA) is 64.0 Å². The third-order valence-electron chi connectivity index (χ3n) is 4.65. The smallest absolute Gasteiger partial charge is 0.262 e. The van der Waals surface area contributed by atoms with Crippen molar-refractivity contribution < 1.29 is 4.79 Å². The lowest BCUT2D eigenvalue weighted by atomic mass is 10.1. The molecule has 0 aliphatic heterocycles. The molecular weight excluding hydrogens is 382 g/mol. The van der Waals surface area contributed by atoms with Gasteiger partial charge in [-0.05, 0) is 49.9 Å². The fourth-order valence-corrected chi connectivity index (χ4v) is 4.28. The minimum atomic E-state index is -0.108. The molecule has 29 heavy (non-hydrogen) atoms. The molecule has 0 aliphatic carbocycles. The maximum absolute atomic E-state index is 13.0. The summed E-state index contributed by atoms with van der Waals surface area (Å²) in [6, 6.07) is 11.5. The van der Waals surface area contributed by atoms with Crippen LogP contribution in [0.15, 0.2) is 46.3 Å². The van der Waals surface area contributed by atoms with Crippen LogP contribution in [0.3, 0.4) is 0 Å². The van der Waals surface area contributed by atoms with Gasteiger partial charge in [0.15, 0.2) is 5.16 Å². The summed E-state index contributed by atoms with van der Waals surface area (Å²) < 4.78 is 1.69. The van der Waals surface area contributed by atoms with Crippen molar-refractivity contribution in [3.63, 3.8) is 0 Å². The van der Waals surface area contributed by atoms with E-state index in [1.54, 1.807) is 10.6 Å². The van der Waals surface area contributed by atoms with Crippen molar-refractivity contribution in [1.29, 1.82) is 0 Å². The number of aryl methyl sites for hydroxylation is 3. The number of hydrogen-bond acceptors (Lipinski definition) is 4. The third-order valence-corrected chi connectivity index (χ3v) is 5.62. The van der Waals surface area contributed by atoms with Crippen molar-refractivity contribution in [2.45, 2.75) is 46.3 Å². The molecule has 1 N–H and O–H groups in total. The first-order valence-electron chi connectivity index (χ1n) is 9.76. The molecule has 1 amide bonds. The van der Waals surface area contributed by atoms with Gasteiger partial charge < -0.3 is 5.32 Å². The lowest BCUT2D eigenvalue weighted by molar-refractivity contribution is -0.113. The summed E-state index contributed by atoms with van der Waals surface area (Å²) in [7, 11) is 0. The summed E-state index contributed by atoms with van der Waals surface area (Å²) in [6.45, 7) is 10.7. The number of aromatic nitrogens is 2. The van der Waals surface area contributed by atoms with Gasteiger partial charge in [-0.15, -0.1) is 0 Å². The van der Waals surface area contributed by atoms with Crippen LogP contribution >= 0.6 is 11.8 Å². The Morgan fingerprint density at radius 3 is 2.45 bits per heavy atom. The maximum atomic E-state index is 13.0. The number of hydrogen-bond donors (Lipinski definition) is 1. The Labute approximate surface area is 175 Å². The Hall–Kier alpha value is -2.60. The molecule has 0 bridgehead atoms. The Morgan fingerprint density at radius 2 is 1.79 bits per heavy atom. The van der Waals surface area contributed by atoms with Crippen LogP contribution in [-0.2, 0) is 11.3 Å². The first-order valence-corrected chi connectivity index (χ1v) is 10.7. The summed E-state index contributed by atoms with van der Waals surface area (Å²) in [4.78, 5) is 30.2. The average molecular weight is 410 g/mol. The van der Waals surface area contributed by atoms with Crippen LogP contribution in [0.25, 0.3) is 10.9 Å². The predicted octanol–water partition coefficient (Wildman–Crippen LogP) is 4.71. The van der Waals surface area contributed by atoms with E-state index in [0.29, 0.717) is 28.5 Å². The molecule has 152 valence electrons. The second-order valence-electron chi connectivity index (χ2n) is 7.83. The van der Waals surface area contributed by atoms with E-state index in [0.717, 1.165) is 16.8 Å². The van der Waals surface area contributed by atoms with E-state index in [9.17, 15) is 9.59 Å². The van der Waals surface area contributed by atoms with Gasteiger partial charge in [0.25, 0.3) is 5.56 Å². The van der Waals surface area contributed by atoms with Gasteiger partial charge in [0, 0.05) is 12.2 Å². The van der Waals surface area contributed by atoms with Crippen molar-refractivity contribution in [3.05, 3.63) is 63.4 Å². The summed E-state index contributed by atoms with van der Waals surface area (Å²) in [5.41, 5.74) is 4.71. The standard InChI is InChI=1S/C23H27N3O2S/c1-14(2)12-26-22(28)18-8-6-7-9-19(18)24-23(26)29-13-20(27)25-21-16(4)10-15(3)11-17(21)5/h6-11,14H,12-13H2,1-5H3,(H,25,27). The van der Waals surface area contributed by atoms with E-state index in [4.69, 9.17) is 0 Å². The highest BCUT2D eigenvalue weighted by Crippen LogP contribution is 2.23. The minimum Gasteiger partial charge on any atom is -0.325 e. The number of nitrogens with one attached hydrogen (secondary N) is 1. The summed E-state index contributed by atoms with van der Waals surface area (Å²) in [5.74, 6) is 0.376. The number of fused-ring (bicyclic) bond motifs is 1. The molecule has 1 aromatic heterocycles. The van der Waals surface area contributed by atoms with Gasteiger partial charge in [-0.1, -0.05) is 55.4 Å². The van der Waals surface area contributed by atoms with E-state index in [2.05, 4.69) is 36.3 Å². The zero-order valence-electron chi connectivity index (χ0n) is 17.6. The highest BCUT2D eigenvalue weighted by Gasteiger charge is 2.15. The van der Waals surface area contributed by atoms with Gasteiger partial charge in [-0.2, -0.15) is 0 Å². The molecule has 1 heterocycles. The van der Waals surface area contributed by atoms with Crippen LogP contribution in [0, 0.1) is 26.7 Å². The van der Waals surface area contributed by atoms with Gasteiger partial charge in [0.2, 0.25) is 5.91 Å². The van der Waals surface area contributed by atoms with Crippen LogP contribution in [0.5, 0.6) is 0 Å². The molecule has 0 saturated carbocycles. The van der Waals surface area contributed by atoms with Crippen molar-refractivity contribution in [1.82, 2.24) is 9.55 Å². The normalized spacial score (nSPS) is 11.2. The number of benzene rings is 2. The van der Waals surface area contributed by atoms with Crippen molar-refractivity contribution >= 4 is 34.3 Å². The molecule has 6 heteroatoms. The fourth-order valence-electron chi connectivity index (χ4n) is 3.47. The molecule has 0 atom stereocenters. The number of amides is 1. The first kappa shape index (κ1) is 21.1. The van der Waals surface area contributed by atoms with Crippen LogP contribution in [-0.4, -0.2) is 21.2 Å². The number of thioether (sulfide) groups is 1. The molecule has 0 fully saturated rings. The average Bonchev–Trinajstić information content (AvgIpc) is 2.65. The molecule has 0 unspecified atom stereocenters. The first-order chi connectivity index (χ1) is 13.8. The maximum Gasteiger partial charge on any atom is 0.262 e. The number of rotatable bonds is 6. The number of anilines is 1. The number of carbonyl (C=O) groups is 1. The zero-order valence-corrected chi connectivity index (χ0v) is 18.4. The largest absolute Gasteiger partial charge is 0.325 e.